The summed E-state index contributed by atoms with van der Waals surface area (Å²) < 4.78 is 13.2. The molecular formula is C27H27N3O3. The van der Waals surface area contributed by atoms with Crippen molar-refractivity contribution in [3.05, 3.63) is 77.1 Å². The van der Waals surface area contributed by atoms with Crippen LogP contribution in [0.1, 0.15) is 47.1 Å². The lowest BCUT2D eigenvalue weighted by Crippen LogP contribution is -2.14. The Labute approximate surface area is 193 Å². The van der Waals surface area contributed by atoms with Crippen LogP contribution in [-0.4, -0.2) is 22.3 Å². The van der Waals surface area contributed by atoms with Crippen molar-refractivity contribution in [2.75, 3.05) is 6.79 Å². The number of pyridine rings is 1. The van der Waals surface area contributed by atoms with Crippen molar-refractivity contribution < 1.29 is 14.3 Å². The second-order valence-electron chi connectivity index (χ2n) is 8.41. The van der Waals surface area contributed by atoms with Crippen LogP contribution in [0.15, 0.2) is 54.6 Å². The second kappa shape index (κ2) is 8.62. The second-order valence-corrected chi connectivity index (χ2v) is 8.41. The van der Waals surface area contributed by atoms with Crippen LogP contribution in [0.3, 0.4) is 0 Å². The molecule has 0 atom stereocenters. The first-order valence-electron chi connectivity index (χ1n) is 11.3. The maximum Gasteiger partial charge on any atom is 0.251 e. The normalized spacial score (nSPS) is 12.4. The molecule has 4 aromatic rings. The zero-order chi connectivity index (χ0) is 22.9. The SMILES string of the molecule is CCCCc1c(-c2ccc3ccccc3n2)c(C(N)=O)c(C)n1Cc1ccc2c(c1)OCO2. The van der Waals surface area contributed by atoms with Crippen molar-refractivity contribution in [1.29, 1.82) is 0 Å². The Morgan fingerprint density at radius 3 is 2.73 bits per heavy atom. The molecule has 2 aromatic heterocycles. The van der Waals surface area contributed by atoms with Gasteiger partial charge in [0, 0.05) is 28.9 Å². The lowest BCUT2D eigenvalue weighted by Gasteiger charge is -2.14. The average Bonchev–Trinajstić information content (AvgIpc) is 3.39. The lowest BCUT2D eigenvalue weighted by atomic mass is 10.0. The van der Waals surface area contributed by atoms with Gasteiger partial charge in [-0.05, 0) is 49.6 Å². The molecule has 1 aliphatic rings. The molecule has 3 heterocycles. The molecule has 6 heteroatoms. The molecule has 6 nitrogen and oxygen atoms in total. The monoisotopic (exact) mass is 441 g/mol. The molecule has 33 heavy (non-hydrogen) atoms. The Balaban J connectivity index is 1.67. The van der Waals surface area contributed by atoms with E-state index in [0.29, 0.717) is 12.1 Å². The summed E-state index contributed by atoms with van der Waals surface area (Å²) >= 11 is 0. The number of carbonyl (C=O) groups excluding carboxylic acids is 1. The highest BCUT2D eigenvalue weighted by Crippen LogP contribution is 2.36. The molecule has 2 N–H and O–H groups in total. The van der Waals surface area contributed by atoms with Gasteiger partial charge in [-0.1, -0.05) is 43.7 Å². The third kappa shape index (κ3) is 3.82. The highest BCUT2D eigenvalue weighted by molar-refractivity contribution is 6.02. The number of nitrogens with zero attached hydrogens (tertiary/aromatic N) is 2. The zero-order valence-corrected chi connectivity index (χ0v) is 18.9. The van der Waals surface area contributed by atoms with Crippen LogP contribution >= 0.6 is 0 Å². The maximum atomic E-state index is 12.7. The molecule has 2 aromatic carbocycles. The van der Waals surface area contributed by atoms with E-state index in [-0.39, 0.29) is 6.79 Å². The molecule has 5 rings (SSSR count). The Morgan fingerprint density at radius 2 is 1.91 bits per heavy atom. The number of ether oxygens (including phenoxy) is 2. The van der Waals surface area contributed by atoms with Gasteiger partial charge >= 0.3 is 0 Å². The van der Waals surface area contributed by atoms with Crippen LogP contribution in [0.5, 0.6) is 11.5 Å². The summed E-state index contributed by atoms with van der Waals surface area (Å²) in [6, 6.07) is 18.0. The number of rotatable bonds is 7. The van der Waals surface area contributed by atoms with Crippen molar-refractivity contribution in [2.45, 2.75) is 39.7 Å². The quantitative estimate of drug-likeness (QED) is 0.426. The van der Waals surface area contributed by atoms with E-state index < -0.39 is 5.91 Å². The Kier molecular flexibility index (Phi) is 5.50. The molecule has 168 valence electrons. The van der Waals surface area contributed by atoms with E-state index in [4.69, 9.17) is 20.2 Å². The topological polar surface area (TPSA) is 79.4 Å². The Hall–Kier alpha value is -3.80. The lowest BCUT2D eigenvalue weighted by molar-refractivity contribution is 0.1000. The van der Waals surface area contributed by atoms with Gasteiger partial charge in [0.15, 0.2) is 11.5 Å². The number of carbonyl (C=O) groups is 1. The van der Waals surface area contributed by atoms with E-state index in [1.54, 1.807) is 0 Å². The highest BCUT2D eigenvalue weighted by Gasteiger charge is 2.26. The smallest absolute Gasteiger partial charge is 0.251 e. The molecule has 0 unspecified atom stereocenters. The van der Waals surface area contributed by atoms with Gasteiger partial charge in [-0.25, -0.2) is 4.98 Å². The van der Waals surface area contributed by atoms with Gasteiger partial charge in [-0.2, -0.15) is 0 Å². The average molecular weight is 442 g/mol. The van der Waals surface area contributed by atoms with E-state index in [0.717, 1.165) is 69.9 Å². The summed E-state index contributed by atoms with van der Waals surface area (Å²) in [5, 5.41) is 1.06. The predicted molar refractivity (Wildman–Crippen MR) is 129 cm³/mol. The fraction of sp³-hybridized carbons (Fsp3) is 0.259. The molecule has 0 fully saturated rings. The van der Waals surface area contributed by atoms with Gasteiger partial charge in [0.25, 0.3) is 5.91 Å². The summed E-state index contributed by atoms with van der Waals surface area (Å²) in [6.07, 6.45) is 2.88. The molecule has 0 spiro atoms. The number of aromatic nitrogens is 2. The van der Waals surface area contributed by atoms with Crippen LogP contribution in [0.4, 0.5) is 0 Å². The number of hydrogen-bond acceptors (Lipinski definition) is 4. The molecule has 1 amide bonds. The van der Waals surface area contributed by atoms with Gasteiger partial charge in [-0.15, -0.1) is 0 Å². The van der Waals surface area contributed by atoms with Gasteiger partial charge in [0.05, 0.1) is 16.8 Å². The minimum atomic E-state index is -0.431. The maximum absolute atomic E-state index is 12.7. The van der Waals surface area contributed by atoms with E-state index in [2.05, 4.69) is 17.6 Å². The molecule has 1 aliphatic heterocycles. The fourth-order valence-corrected chi connectivity index (χ4v) is 4.62. The van der Waals surface area contributed by atoms with Gasteiger partial charge in [0.2, 0.25) is 6.79 Å². The predicted octanol–water partition coefficient (Wildman–Crippen LogP) is 5.23. The van der Waals surface area contributed by atoms with E-state index in [1.807, 2.05) is 55.5 Å². The number of fused-ring (bicyclic) bond motifs is 2. The number of unbranched alkanes of at least 4 members (excludes halogenated alkanes) is 1. The largest absolute Gasteiger partial charge is 0.454 e. The van der Waals surface area contributed by atoms with E-state index >= 15 is 0 Å². The standard InChI is InChI=1S/C27H27N3O3/c1-3-4-9-22-26(21-12-11-19-7-5-6-8-20(19)29-21)25(27(28)31)17(2)30(22)15-18-10-13-23-24(14-18)33-16-32-23/h5-8,10-14H,3-4,9,15-16H2,1-2H3,(H2,28,31). The van der Waals surface area contributed by atoms with Crippen molar-refractivity contribution in [3.63, 3.8) is 0 Å². The van der Waals surface area contributed by atoms with Gasteiger partial charge in [-0.3, -0.25) is 4.79 Å². The number of benzene rings is 2. The summed E-state index contributed by atoms with van der Waals surface area (Å²) in [4.78, 5) is 17.6. The summed E-state index contributed by atoms with van der Waals surface area (Å²) in [5.74, 6) is 1.08. The Morgan fingerprint density at radius 1 is 1.09 bits per heavy atom. The molecular weight excluding hydrogens is 414 g/mol. The van der Waals surface area contributed by atoms with E-state index in [9.17, 15) is 4.79 Å². The van der Waals surface area contributed by atoms with Crippen LogP contribution in [-0.2, 0) is 13.0 Å². The van der Waals surface area contributed by atoms with E-state index in [1.165, 1.54) is 0 Å². The van der Waals surface area contributed by atoms with Crippen LogP contribution in [0.25, 0.3) is 22.2 Å². The number of primary amides is 1. The number of nitrogens with two attached hydrogens (primary N) is 1. The first-order valence-corrected chi connectivity index (χ1v) is 11.3. The van der Waals surface area contributed by atoms with Crippen molar-refractivity contribution in [2.24, 2.45) is 5.73 Å². The number of amides is 1. The molecule has 0 saturated carbocycles. The van der Waals surface area contributed by atoms with Crippen molar-refractivity contribution in [1.82, 2.24) is 9.55 Å². The molecule has 0 saturated heterocycles. The van der Waals surface area contributed by atoms with Crippen LogP contribution < -0.4 is 15.2 Å². The van der Waals surface area contributed by atoms with Crippen LogP contribution in [0, 0.1) is 6.92 Å². The third-order valence-corrected chi connectivity index (χ3v) is 6.28. The molecule has 0 bridgehead atoms. The number of para-hydroxylation sites is 1. The third-order valence-electron chi connectivity index (χ3n) is 6.28. The van der Waals surface area contributed by atoms with Crippen molar-refractivity contribution >= 4 is 16.8 Å². The Bertz CT molecular complexity index is 1360. The van der Waals surface area contributed by atoms with Gasteiger partial charge in [0.1, 0.15) is 0 Å². The first-order chi connectivity index (χ1) is 16.1. The summed E-state index contributed by atoms with van der Waals surface area (Å²) in [7, 11) is 0. The number of hydrogen-bond donors (Lipinski definition) is 1. The minimum absolute atomic E-state index is 0.243. The zero-order valence-electron chi connectivity index (χ0n) is 18.9. The van der Waals surface area contributed by atoms with Gasteiger partial charge < -0.3 is 19.8 Å². The minimum Gasteiger partial charge on any atom is -0.454 e. The first kappa shape index (κ1) is 21.1. The summed E-state index contributed by atoms with van der Waals surface area (Å²) in [5.41, 5.74) is 12.0. The highest BCUT2D eigenvalue weighted by atomic mass is 16.7. The van der Waals surface area contributed by atoms with Crippen LogP contribution in [0.2, 0.25) is 0 Å². The summed E-state index contributed by atoms with van der Waals surface area (Å²) in [6.45, 7) is 4.98. The van der Waals surface area contributed by atoms with Crippen molar-refractivity contribution in [3.8, 4) is 22.8 Å². The molecule has 0 radical (unpaired) electrons. The molecule has 0 aliphatic carbocycles. The fourth-order valence-electron chi connectivity index (χ4n) is 4.62.